The van der Waals surface area contributed by atoms with Gasteiger partial charge in [0.2, 0.25) is 0 Å². The van der Waals surface area contributed by atoms with Crippen LogP contribution in [0.2, 0.25) is 18.1 Å². The molecular weight excluding hydrogens is 224 g/mol. The van der Waals surface area contributed by atoms with Gasteiger partial charge in [-0.15, -0.1) is 11.6 Å². The molecule has 3 heteroatoms. The third kappa shape index (κ3) is 4.71. The molecule has 1 nitrogen and oxygen atoms in total. The van der Waals surface area contributed by atoms with Crippen LogP contribution in [0.1, 0.15) is 34.6 Å². The second-order valence-corrected chi connectivity index (χ2v) is 10.7. The van der Waals surface area contributed by atoms with Crippen LogP contribution in [0.3, 0.4) is 0 Å². The van der Waals surface area contributed by atoms with Crippen LogP contribution in [0.25, 0.3) is 0 Å². The van der Waals surface area contributed by atoms with Crippen LogP contribution in [0.4, 0.5) is 0 Å². The summed E-state index contributed by atoms with van der Waals surface area (Å²) in [6.45, 7) is 15.5. The number of hydrogen-bond donors (Lipinski definition) is 0. The average molecular weight is 249 g/mol. The van der Waals surface area contributed by atoms with Crippen molar-refractivity contribution in [2.45, 2.75) is 58.9 Å². The minimum Gasteiger partial charge on any atom is -0.411 e. The number of allylic oxidation sites excluding steroid dienone is 1. The van der Waals surface area contributed by atoms with Gasteiger partial charge in [0, 0.05) is 5.88 Å². The zero-order chi connectivity index (χ0) is 12.3. The Hall–Kier alpha value is 0.207. The lowest BCUT2D eigenvalue weighted by Gasteiger charge is -2.38. The number of halogens is 1. The van der Waals surface area contributed by atoms with Gasteiger partial charge in [-0.3, -0.25) is 0 Å². The molecule has 0 aromatic rings. The molecule has 0 aliphatic rings. The largest absolute Gasteiger partial charge is 0.411 e. The molecule has 15 heavy (non-hydrogen) atoms. The second-order valence-electron chi connectivity index (χ2n) is 5.62. The highest BCUT2D eigenvalue weighted by atomic mass is 35.5. The van der Waals surface area contributed by atoms with Gasteiger partial charge < -0.3 is 4.43 Å². The van der Waals surface area contributed by atoms with Crippen LogP contribution in [-0.2, 0) is 4.43 Å². The van der Waals surface area contributed by atoms with Crippen molar-refractivity contribution in [1.82, 2.24) is 0 Å². The molecule has 0 aromatic carbocycles. The van der Waals surface area contributed by atoms with Gasteiger partial charge in [-0.05, 0) is 37.6 Å². The van der Waals surface area contributed by atoms with E-state index in [1.165, 1.54) is 5.57 Å². The van der Waals surface area contributed by atoms with E-state index in [9.17, 15) is 0 Å². The van der Waals surface area contributed by atoms with Gasteiger partial charge in [-0.2, -0.15) is 0 Å². The number of alkyl halides is 1. The van der Waals surface area contributed by atoms with Crippen molar-refractivity contribution in [3.8, 4) is 0 Å². The van der Waals surface area contributed by atoms with Crippen LogP contribution in [-0.4, -0.2) is 20.3 Å². The molecule has 0 aliphatic carbocycles. The van der Waals surface area contributed by atoms with E-state index in [1.54, 1.807) is 0 Å². The summed E-state index contributed by atoms with van der Waals surface area (Å²) < 4.78 is 6.23. The molecule has 0 amide bonds. The molecular formula is C12H25ClOSi. The van der Waals surface area contributed by atoms with Crippen LogP contribution in [0.5, 0.6) is 0 Å². The lowest BCUT2D eigenvalue weighted by atomic mass is 10.2. The molecule has 0 aromatic heterocycles. The smallest absolute Gasteiger partial charge is 0.192 e. The molecule has 0 heterocycles. The van der Waals surface area contributed by atoms with Gasteiger partial charge >= 0.3 is 0 Å². The third-order valence-electron chi connectivity index (χ3n) is 3.32. The van der Waals surface area contributed by atoms with E-state index in [-0.39, 0.29) is 11.1 Å². The summed E-state index contributed by atoms with van der Waals surface area (Å²) in [7, 11) is -1.64. The van der Waals surface area contributed by atoms with Crippen molar-refractivity contribution in [1.29, 1.82) is 0 Å². The Kier molecular flexibility index (Phi) is 5.59. The van der Waals surface area contributed by atoms with Crippen LogP contribution < -0.4 is 0 Å². The first-order valence-corrected chi connectivity index (χ1v) is 8.96. The van der Waals surface area contributed by atoms with Crippen molar-refractivity contribution in [2.75, 3.05) is 5.88 Å². The Labute approximate surface area is 101 Å². The van der Waals surface area contributed by atoms with Crippen molar-refractivity contribution in [2.24, 2.45) is 0 Å². The molecule has 0 saturated heterocycles. The summed E-state index contributed by atoms with van der Waals surface area (Å²) in [5, 5.41) is 0.266. The first-order valence-electron chi connectivity index (χ1n) is 5.52. The van der Waals surface area contributed by atoms with Crippen LogP contribution in [0.15, 0.2) is 11.6 Å². The van der Waals surface area contributed by atoms with E-state index >= 15 is 0 Å². The fourth-order valence-electron chi connectivity index (χ4n) is 0.999. The highest BCUT2D eigenvalue weighted by Gasteiger charge is 2.38. The Morgan fingerprint density at radius 1 is 1.40 bits per heavy atom. The average Bonchev–Trinajstić information content (AvgIpc) is 2.01. The van der Waals surface area contributed by atoms with Gasteiger partial charge in [0.15, 0.2) is 8.32 Å². The van der Waals surface area contributed by atoms with Crippen molar-refractivity contribution < 1.29 is 4.43 Å². The molecule has 0 spiro atoms. The molecule has 1 atom stereocenters. The fourth-order valence-corrected chi connectivity index (χ4v) is 2.67. The Morgan fingerprint density at radius 2 is 1.87 bits per heavy atom. The predicted molar refractivity (Wildman–Crippen MR) is 72.2 cm³/mol. The van der Waals surface area contributed by atoms with Gasteiger partial charge in [-0.1, -0.05) is 26.8 Å². The summed E-state index contributed by atoms with van der Waals surface area (Å²) in [6, 6.07) is 0. The highest BCUT2D eigenvalue weighted by molar-refractivity contribution is 6.74. The summed E-state index contributed by atoms with van der Waals surface area (Å²) >= 11 is 5.68. The van der Waals surface area contributed by atoms with Crippen LogP contribution >= 0.6 is 11.6 Å². The molecule has 90 valence electrons. The van der Waals surface area contributed by atoms with E-state index in [0.29, 0.717) is 5.88 Å². The standard InChI is InChI=1S/C12H25ClOSi/c1-10(8-9-13)11(2)14-15(6,7)12(3,4)5/h8,11H,9H2,1-7H3/b10-8+. The zero-order valence-corrected chi connectivity index (χ0v) is 12.9. The van der Waals surface area contributed by atoms with Gasteiger partial charge in [0.1, 0.15) is 0 Å². The van der Waals surface area contributed by atoms with Crippen molar-refractivity contribution in [3.63, 3.8) is 0 Å². The summed E-state index contributed by atoms with van der Waals surface area (Å²) in [6.07, 6.45) is 2.21. The first kappa shape index (κ1) is 15.2. The minimum absolute atomic E-state index is 0.185. The molecule has 0 fully saturated rings. The lowest BCUT2D eigenvalue weighted by molar-refractivity contribution is 0.232. The van der Waals surface area contributed by atoms with Gasteiger partial charge in [0.25, 0.3) is 0 Å². The van der Waals surface area contributed by atoms with Gasteiger partial charge in [0.05, 0.1) is 6.10 Å². The molecule has 0 radical (unpaired) electrons. The molecule has 0 N–H and O–H groups in total. The Bertz CT molecular complexity index is 228. The molecule has 1 unspecified atom stereocenters. The topological polar surface area (TPSA) is 9.23 Å². The molecule has 0 saturated carbocycles. The SMILES string of the molecule is C/C(=C\CCl)C(C)O[Si](C)(C)C(C)(C)C. The number of hydrogen-bond acceptors (Lipinski definition) is 1. The first-order chi connectivity index (χ1) is 6.62. The van der Waals surface area contributed by atoms with Crippen molar-refractivity contribution >= 4 is 19.9 Å². The van der Waals surface area contributed by atoms with Gasteiger partial charge in [-0.25, -0.2) is 0 Å². The summed E-state index contributed by atoms with van der Waals surface area (Å²) in [5.74, 6) is 0.567. The van der Waals surface area contributed by atoms with E-state index in [1.807, 2.05) is 6.08 Å². The predicted octanol–water partition coefficient (Wildman–Crippen LogP) is 4.58. The monoisotopic (exact) mass is 248 g/mol. The quantitative estimate of drug-likeness (QED) is 0.402. The normalized spacial score (nSPS) is 16.7. The Morgan fingerprint density at radius 3 is 2.20 bits per heavy atom. The summed E-state index contributed by atoms with van der Waals surface area (Å²) in [4.78, 5) is 0. The van der Waals surface area contributed by atoms with E-state index in [0.717, 1.165) is 0 Å². The van der Waals surface area contributed by atoms with E-state index in [4.69, 9.17) is 16.0 Å². The maximum absolute atomic E-state index is 6.23. The number of rotatable bonds is 4. The van der Waals surface area contributed by atoms with Crippen LogP contribution in [0, 0.1) is 0 Å². The third-order valence-corrected chi connectivity index (χ3v) is 8.03. The molecule has 0 rings (SSSR count). The molecule has 0 bridgehead atoms. The molecule has 0 aliphatic heterocycles. The van der Waals surface area contributed by atoms with E-state index < -0.39 is 8.32 Å². The lowest BCUT2D eigenvalue weighted by Crippen LogP contribution is -2.43. The zero-order valence-electron chi connectivity index (χ0n) is 11.1. The van der Waals surface area contributed by atoms with E-state index in [2.05, 4.69) is 47.7 Å². The maximum Gasteiger partial charge on any atom is 0.192 e. The Balaban J connectivity index is 4.54. The maximum atomic E-state index is 6.23. The highest BCUT2D eigenvalue weighted by Crippen LogP contribution is 2.37. The minimum atomic E-state index is -1.64. The second kappa shape index (κ2) is 5.51. The fraction of sp³-hybridized carbons (Fsp3) is 0.833. The van der Waals surface area contributed by atoms with Crippen molar-refractivity contribution in [3.05, 3.63) is 11.6 Å². The summed E-state index contributed by atoms with van der Waals surface area (Å²) in [5.41, 5.74) is 1.23.